The molecule has 0 aliphatic rings. The number of nitrogen functional groups attached to an aromatic ring is 1. The second-order valence-electron chi connectivity index (χ2n) is 4.60. The Kier molecular flexibility index (Phi) is 3.95. The van der Waals surface area contributed by atoms with Crippen molar-refractivity contribution in [2.75, 3.05) is 17.7 Å². The zero-order valence-corrected chi connectivity index (χ0v) is 11.7. The molecular formula is C16H20N2O. The number of anilines is 3. The number of hydrogen-bond acceptors (Lipinski definition) is 3. The molecular weight excluding hydrogens is 236 g/mol. The van der Waals surface area contributed by atoms with E-state index in [9.17, 15) is 0 Å². The molecule has 0 radical (unpaired) electrons. The topological polar surface area (TPSA) is 47.3 Å². The Labute approximate surface area is 114 Å². The van der Waals surface area contributed by atoms with Crippen molar-refractivity contribution >= 4 is 17.1 Å². The largest absolute Gasteiger partial charge is 0.494 e. The molecule has 3 nitrogen and oxygen atoms in total. The third kappa shape index (κ3) is 3.19. The minimum Gasteiger partial charge on any atom is -0.494 e. The first-order valence-electron chi connectivity index (χ1n) is 6.46. The van der Waals surface area contributed by atoms with Crippen molar-refractivity contribution in [2.24, 2.45) is 0 Å². The van der Waals surface area contributed by atoms with Crippen LogP contribution < -0.4 is 15.8 Å². The lowest BCUT2D eigenvalue weighted by molar-refractivity contribution is 0.340. The van der Waals surface area contributed by atoms with Crippen LogP contribution in [0.3, 0.4) is 0 Å². The van der Waals surface area contributed by atoms with Crippen LogP contribution in [0.15, 0.2) is 36.4 Å². The number of rotatable bonds is 4. The molecule has 0 saturated heterocycles. The average molecular weight is 256 g/mol. The van der Waals surface area contributed by atoms with E-state index in [2.05, 4.69) is 31.3 Å². The van der Waals surface area contributed by atoms with Gasteiger partial charge in [0.05, 0.1) is 6.61 Å². The van der Waals surface area contributed by atoms with Crippen LogP contribution in [0.5, 0.6) is 5.75 Å². The zero-order chi connectivity index (χ0) is 13.8. The third-order valence-corrected chi connectivity index (χ3v) is 3.12. The highest BCUT2D eigenvalue weighted by Crippen LogP contribution is 2.27. The number of benzene rings is 2. The molecule has 0 aromatic heterocycles. The third-order valence-electron chi connectivity index (χ3n) is 3.12. The lowest BCUT2D eigenvalue weighted by Gasteiger charge is -2.13. The van der Waals surface area contributed by atoms with Gasteiger partial charge in [-0.15, -0.1) is 0 Å². The first-order valence-corrected chi connectivity index (χ1v) is 6.46. The van der Waals surface area contributed by atoms with E-state index in [4.69, 9.17) is 10.5 Å². The maximum atomic E-state index is 5.89. The number of hydrogen-bond donors (Lipinski definition) is 2. The van der Waals surface area contributed by atoms with Crippen molar-refractivity contribution in [3.63, 3.8) is 0 Å². The molecule has 0 fully saturated rings. The molecule has 100 valence electrons. The summed E-state index contributed by atoms with van der Waals surface area (Å²) < 4.78 is 5.50. The Balaban J connectivity index is 2.30. The van der Waals surface area contributed by atoms with Crippen LogP contribution in [0.1, 0.15) is 18.1 Å². The van der Waals surface area contributed by atoms with E-state index in [1.54, 1.807) is 0 Å². The number of nitrogens with two attached hydrogens (primary N) is 1. The standard InChI is InChI=1S/C16H20N2O/c1-4-19-15-9-13(17)8-14(10-15)18-16-7-5-6-11(2)12(16)3/h5-10,18H,4,17H2,1-3H3. The van der Waals surface area contributed by atoms with Crippen LogP contribution in [-0.4, -0.2) is 6.61 Å². The van der Waals surface area contributed by atoms with Gasteiger partial charge in [-0.2, -0.15) is 0 Å². The van der Waals surface area contributed by atoms with Gasteiger partial charge in [-0.05, 0) is 44.0 Å². The molecule has 0 aliphatic heterocycles. The van der Waals surface area contributed by atoms with Gasteiger partial charge in [0, 0.05) is 29.2 Å². The Morgan fingerprint density at radius 3 is 2.68 bits per heavy atom. The second-order valence-corrected chi connectivity index (χ2v) is 4.60. The lowest BCUT2D eigenvalue weighted by Crippen LogP contribution is -1.98. The quantitative estimate of drug-likeness (QED) is 0.812. The summed E-state index contributed by atoms with van der Waals surface area (Å²) >= 11 is 0. The van der Waals surface area contributed by atoms with Crippen LogP contribution in [0.25, 0.3) is 0 Å². The average Bonchev–Trinajstić information content (AvgIpc) is 2.35. The van der Waals surface area contributed by atoms with E-state index in [1.165, 1.54) is 11.1 Å². The fourth-order valence-corrected chi connectivity index (χ4v) is 1.99. The molecule has 0 amide bonds. The highest BCUT2D eigenvalue weighted by atomic mass is 16.5. The Morgan fingerprint density at radius 2 is 1.95 bits per heavy atom. The fourth-order valence-electron chi connectivity index (χ4n) is 1.99. The van der Waals surface area contributed by atoms with Gasteiger partial charge in [0.25, 0.3) is 0 Å². The zero-order valence-electron chi connectivity index (χ0n) is 11.7. The molecule has 2 rings (SSSR count). The van der Waals surface area contributed by atoms with Gasteiger partial charge in [0.1, 0.15) is 5.75 Å². The SMILES string of the molecule is CCOc1cc(N)cc(Nc2cccc(C)c2C)c1. The molecule has 0 atom stereocenters. The highest BCUT2D eigenvalue weighted by molar-refractivity contribution is 5.68. The molecule has 0 heterocycles. The van der Waals surface area contributed by atoms with Crippen molar-refractivity contribution in [2.45, 2.75) is 20.8 Å². The summed E-state index contributed by atoms with van der Waals surface area (Å²) in [6.45, 7) is 6.80. The molecule has 0 bridgehead atoms. The lowest BCUT2D eigenvalue weighted by atomic mass is 10.1. The first-order chi connectivity index (χ1) is 9.10. The predicted molar refractivity (Wildman–Crippen MR) is 81.2 cm³/mol. The van der Waals surface area contributed by atoms with Crippen molar-refractivity contribution in [1.29, 1.82) is 0 Å². The molecule has 0 unspecified atom stereocenters. The van der Waals surface area contributed by atoms with Crippen molar-refractivity contribution in [1.82, 2.24) is 0 Å². The van der Waals surface area contributed by atoms with E-state index in [0.717, 1.165) is 17.1 Å². The van der Waals surface area contributed by atoms with Gasteiger partial charge in [0.2, 0.25) is 0 Å². The molecule has 3 heteroatoms. The van der Waals surface area contributed by atoms with Gasteiger partial charge in [-0.25, -0.2) is 0 Å². The van der Waals surface area contributed by atoms with Crippen molar-refractivity contribution < 1.29 is 4.74 Å². The van der Waals surface area contributed by atoms with Gasteiger partial charge in [0.15, 0.2) is 0 Å². The maximum Gasteiger partial charge on any atom is 0.123 e. The monoisotopic (exact) mass is 256 g/mol. The van der Waals surface area contributed by atoms with Gasteiger partial charge in [-0.3, -0.25) is 0 Å². The van der Waals surface area contributed by atoms with Crippen LogP contribution in [0.4, 0.5) is 17.1 Å². The van der Waals surface area contributed by atoms with Crippen LogP contribution in [0, 0.1) is 13.8 Å². The van der Waals surface area contributed by atoms with E-state index in [-0.39, 0.29) is 0 Å². The second kappa shape index (κ2) is 5.65. The normalized spacial score (nSPS) is 10.3. The minimum atomic E-state index is 0.631. The van der Waals surface area contributed by atoms with Gasteiger partial charge < -0.3 is 15.8 Å². The summed E-state index contributed by atoms with van der Waals surface area (Å²) in [5.41, 5.74) is 11.1. The van der Waals surface area contributed by atoms with Crippen LogP contribution >= 0.6 is 0 Å². The van der Waals surface area contributed by atoms with E-state index in [1.807, 2.05) is 31.2 Å². The smallest absolute Gasteiger partial charge is 0.123 e. The van der Waals surface area contributed by atoms with Crippen LogP contribution in [0.2, 0.25) is 0 Å². The molecule has 0 saturated carbocycles. The minimum absolute atomic E-state index is 0.631. The summed E-state index contributed by atoms with van der Waals surface area (Å²) in [5.74, 6) is 0.787. The maximum absolute atomic E-state index is 5.89. The number of nitrogens with one attached hydrogen (secondary N) is 1. The highest BCUT2D eigenvalue weighted by Gasteiger charge is 2.03. The summed E-state index contributed by atoms with van der Waals surface area (Å²) in [7, 11) is 0. The van der Waals surface area contributed by atoms with Crippen molar-refractivity contribution in [3.8, 4) is 5.75 Å². The first kappa shape index (κ1) is 13.3. The molecule has 0 spiro atoms. The Morgan fingerprint density at radius 1 is 1.16 bits per heavy atom. The van der Waals surface area contributed by atoms with Crippen LogP contribution in [-0.2, 0) is 0 Å². The van der Waals surface area contributed by atoms with Crippen molar-refractivity contribution in [3.05, 3.63) is 47.5 Å². The fraction of sp³-hybridized carbons (Fsp3) is 0.250. The molecule has 19 heavy (non-hydrogen) atoms. The number of ether oxygens (including phenoxy) is 1. The summed E-state index contributed by atoms with van der Waals surface area (Å²) in [6, 6.07) is 11.9. The summed E-state index contributed by atoms with van der Waals surface area (Å²) in [4.78, 5) is 0. The molecule has 2 aromatic rings. The molecule has 0 aliphatic carbocycles. The number of aryl methyl sites for hydroxylation is 1. The molecule has 3 N–H and O–H groups in total. The van der Waals surface area contributed by atoms with E-state index < -0.39 is 0 Å². The summed E-state index contributed by atoms with van der Waals surface area (Å²) in [6.07, 6.45) is 0. The Bertz CT molecular complexity index is 579. The predicted octanol–water partition coefficient (Wildman–Crippen LogP) is 4.03. The van der Waals surface area contributed by atoms with E-state index in [0.29, 0.717) is 12.3 Å². The molecule has 2 aromatic carbocycles. The van der Waals surface area contributed by atoms with E-state index >= 15 is 0 Å². The van der Waals surface area contributed by atoms with Gasteiger partial charge in [-0.1, -0.05) is 12.1 Å². The Hall–Kier alpha value is -2.16. The van der Waals surface area contributed by atoms with Gasteiger partial charge >= 0.3 is 0 Å². The summed E-state index contributed by atoms with van der Waals surface area (Å²) in [5, 5.41) is 3.39.